The molecule has 0 saturated carbocycles. The molecule has 0 amide bonds. The van der Waals surface area contributed by atoms with Gasteiger partial charge in [-0.2, -0.15) is 0 Å². The van der Waals surface area contributed by atoms with Crippen LogP contribution in [0.1, 0.15) is 31.7 Å². The Morgan fingerprint density at radius 3 is 1.94 bits per heavy atom. The molecule has 1 aromatic carbocycles. The van der Waals surface area contributed by atoms with Crippen molar-refractivity contribution in [3.63, 3.8) is 0 Å². The van der Waals surface area contributed by atoms with E-state index in [1.807, 2.05) is 6.92 Å². The van der Waals surface area contributed by atoms with Gasteiger partial charge < -0.3 is 5.11 Å². The maximum atomic E-state index is 10.7. The predicted molar refractivity (Wildman–Crippen MR) is 60.1 cm³/mol. The summed E-state index contributed by atoms with van der Waals surface area (Å²) in [4.78, 5) is 19.7. The van der Waals surface area contributed by atoms with Crippen LogP contribution in [0.25, 0.3) is 0 Å². The average molecular weight is 240 g/mol. The van der Waals surface area contributed by atoms with Crippen molar-refractivity contribution >= 4 is 11.4 Å². The number of hydrogen-bond donors (Lipinski definition) is 1. The van der Waals surface area contributed by atoms with Gasteiger partial charge in [0.1, 0.15) is 0 Å². The predicted octanol–water partition coefficient (Wildman–Crippen LogP) is 2.72. The third-order valence-corrected chi connectivity index (χ3v) is 2.67. The second-order valence-corrected chi connectivity index (χ2v) is 3.73. The van der Waals surface area contributed by atoms with Gasteiger partial charge in [0.15, 0.2) is 0 Å². The Balaban J connectivity index is 3.47. The zero-order valence-electron chi connectivity index (χ0n) is 9.41. The first-order valence-corrected chi connectivity index (χ1v) is 5.04. The summed E-state index contributed by atoms with van der Waals surface area (Å²) in [5, 5.41) is 30.8. The molecular formula is C10H12N2O5. The Bertz CT molecular complexity index is 437. The number of benzene rings is 1. The zero-order chi connectivity index (χ0) is 13.2. The normalized spacial score (nSPS) is 12.1. The highest BCUT2D eigenvalue weighted by Gasteiger charge is 2.27. The fourth-order valence-electron chi connectivity index (χ4n) is 1.42. The van der Waals surface area contributed by atoms with Crippen molar-refractivity contribution < 1.29 is 15.0 Å². The SMILES string of the molecule is CCC(C)c1cc([N+](=O)[O-])c(O)c([N+](=O)[O-])c1. The molecule has 1 atom stereocenters. The van der Waals surface area contributed by atoms with Crippen LogP contribution < -0.4 is 0 Å². The van der Waals surface area contributed by atoms with E-state index >= 15 is 0 Å². The lowest BCUT2D eigenvalue weighted by molar-refractivity contribution is -0.396. The minimum Gasteiger partial charge on any atom is -0.497 e. The van der Waals surface area contributed by atoms with Gasteiger partial charge in [-0.1, -0.05) is 13.8 Å². The number of hydrogen-bond acceptors (Lipinski definition) is 5. The molecule has 0 heterocycles. The number of rotatable bonds is 4. The molecule has 1 aromatic rings. The van der Waals surface area contributed by atoms with Crippen LogP contribution >= 0.6 is 0 Å². The molecule has 0 bridgehead atoms. The quantitative estimate of drug-likeness (QED) is 0.643. The summed E-state index contributed by atoms with van der Waals surface area (Å²) in [7, 11) is 0. The number of nitro groups is 2. The van der Waals surface area contributed by atoms with E-state index in [1.165, 1.54) is 12.1 Å². The molecule has 0 saturated heterocycles. The number of nitrogens with zero attached hydrogens (tertiary/aromatic N) is 2. The minimum atomic E-state index is -0.896. The summed E-state index contributed by atoms with van der Waals surface area (Å²) in [6, 6.07) is 2.35. The summed E-state index contributed by atoms with van der Waals surface area (Å²) < 4.78 is 0. The van der Waals surface area contributed by atoms with Gasteiger partial charge in [-0.3, -0.25) is 20.2 Å². The monoisotopic (exact) mass is 240 g/mol. The molecule has 0 aliphatic carbocycles. The lowest BCUT2D eigenvalue weighted by Crippen LogP contribution is -1.99. The highest BCUT2D eigenvalue weighted by Crippen LogP contribution is 2.38. The topological polar surface area (TPSA) is 107 Å². The van der Waals surface area contributed by atoms with Crippen LogP contribution in [-0.4, -0.2) is 15.0 Å². The molecule has 1 rings (SSSR count). The van der Waals surface area contributed by atoms with Crippen LogP contribution in [0.2, 0.25) is 0 Å². The van der Waals surface area contributed by atoms with Gasteiger partial charge >= 0.3 is 11.4 Å². The van der Waals surface area contributed by atoms with Gasteiger partial charge in [-0.05, 0) is 17.9 Å². The molecule has 7 nitrogen and oxygen atoms in total. The van der Waals surface area contributed by atoms with Crippen LogP contribution in [0.15, 0.2) is 12.1 Å². The summed E-state index contributed by atoms with van der Waals surface area (Å²) in [5.74, 6) is -0.944. The first kappa shape index (κ1) is 12.9. The molecule has 0 radical (unpaired) electrons. The summed E-state index contributed by atoms with van der Waals surface area (Å²) in [6.07, 6.45) is 0.694. The Labute approximate surface area is 97.0 Å². The van der Waals surface area contributed by atoms with Gasteiger partial charge in [0.2, 0.25) is 0 Å². The Morgan fingerprint density at radius 1 is 1.24 bits per heavy atom. The Morgan fingerprint density at radius 2 is 1.65 bits per heavy atom. The van der Waals surface area contributed by atoms with Gasteiger partial charge in [0.25, 0.3) is 5.75 Å². The van der Waals surface area contributed by atoms with E-state index in [2.05, 4.69) is 0 Å². The fourth-order valence-corrected chi connectivity index (χ4v) is 1.42. The largest absolute Gasteiger partial charge is 0.497 e. The highest BCUT2D eigenvalue weighted by molar-refractivity contribution is 5.61. The second-order valence-electron chi connectivity index (χ2n) is 3.73. The van der Waals surface area contributed by atoms with Crippen LogP contribution in [0.3, 0.4) is 0 Å². The molecule has 1 unspecified atom stereocenters. The highest BCUT2D eigenvalue weighted by atomic mass is 16.6. The minimum absolute atomic E-state index is 0.0481. The summed E-state index contributed by atoms with van der Waals surface area (Å²) in [5.41, 5.74) is -0.785. The Kier molecular flexibility index (Phi) is 3.62. The lowest BCUT2D eigenvalue weighted by atomic mass is 9.97. The average Bonchev–Trinajstić information content (AvgIpc) is 2.27. The maximum Gasteiger partial charge on any atom is 0.318 e. The van der Waals surface area contributed by atoms with Gasteiger partial charge in [0, 0.05) is 12.1 Å². The second kappa shape index (κ2) is 4.77. The molecule has 0 aliphatic heterocycles. The van der Waals surface area contributed by atoms with E-state index in [-0.39, 0.29) is 5.92 Å². The van der Waals surface area contributed by atoms with Crippen molar-refractivity contribution in [2.75, 3.05) is 0 Å². The molecule has 1 N–H and O–H groups in total. The first-order chi connectivity index (χ1) is 7.88. The Hall–Kier alpha value is -2.18. The van der Waals surface area contributed by atoms with Crippen molar-refractivity contribution in [2.45, 2.75) is 26.2 Å². The summed E-state index contributed by atoms with van der Waals surface area (Å²) >= 11 is 0. The van der Waals surface area contributed by atoms with Crippen molar-refractivity contribution in [3.8, 4) is 5.75 Å². The molecule has 0 spiro atoms. The number of phenols is 1. The van der Waals surface area contributed by atoms with Crippen LogP contribution in [-0.2, 0) is 0 Å². The number of nitro benzene ring substituents is 2. The van der Waals surface area contributed by atoms with Crippen molar-refractivity contribution in [1.82, 2.24) is 0 Å². The summed E-state index contributed by atoms with van der Waals surface area (Å²) in [6.45, 7) is 3.68. The number of phenolic OH excluding ortho intramolecular Hbond substituents is 1. The van der Waals surface area contributed by atoms with Crippen molar-refractivity contribution in [3.05, 3.63) is 37.9 Å². The van der Waals surface area contributed by atoms with Gasteiger partial charge in [-0.15, -0.1) is 0 Å². The van der Waals surface area contributed by atoms with Gasteiger partial charge in [0.05, 0.1) is 9.85 Å². The van der Waals surface area contributed by atoms with Crippen LogP contribution in [0.4, 0.5) is 11.4 Å². The first-order valence-electron chi connectivity index (χ1n) is 5.04. The van der Waals surface area contributed by atoms with E-state index in [0.717, 1.165) is 0 Å². The molecule has 0 aliphatic rings. The van der Waals surface area contributed by atoms with Crippen molar-refractivity contribution in [2.24, 2.45) is 0 Å². The van der Waals surface area contributed by atoms with E-state index < -0.39 is 27.0 Å². The standard InChI is InChI=1S/C10H12N2O5/c1-3-6(2)7-4-8(11(14)15)10(13)9(5-7)12(16)17/h4-6,13H,3H2,1-2H3. The molecule has 0 fully saturated rings. The van der Waals surface area contributed by atoms with Crippen LogP contribution in [0, 0.1) is 20.2 Å². The molecular weight excluding hydrogens is 228 g/mol. The molecule has 0 aromatic heterocycles. The van der Waals surface area contributed by atoms with E-state index in [1.54, 1.807) is 6.92 Å². The smallest absolute Gasteiger partial charge is 0.318 e. The van der Waals surface area contributed by atoms with Crippen LogP contribution in [0.5, 0.6) is 5.75 Å². The lowest BCUT2D eigenvalue weighted by Gasteiger charge is -2.09. The fraction of sp³-hybridized carbons (Fsp3) is 0.400. The third kappa shape index (κ3) is 2.49. The van der Waals surface area contributed by atoms with Crippen molar-refractivity contribution in [1.29, 1.82) is 0 Å². The number of aromatic hydroxyl groups is 1. The molecule has 17 heavy (non-hydrogen) atoms. The zero-order valence-corrected chi connectivity index (χ0v) is 9.41. The third-order valence-electron chi connectivity index (χ3n) is 2.67. The van der Waals surface area contributed by atoms with E-state index in [9.17, 15) is 25.3 Å². The van der Waals surface area contributed by atoms with Gasteiger partial charge in [-0.25, -0.2) is 0 Å². The van der Waals surface area contributed by atoms with E-state index in [0.29, 0.717) is 12.0 Å². The molecule has 7 heteroatoms. The molecule has 92 valence electrons. The van der Waals surface area contributed by atoms with E-state index in [4.69, 9.17) is 0 Å². The maximum absolute atomic E-state index is 10.7.